The van der Waals surface area contributed by atoms with Crippen LogP contribution in [0, 0.1) is 10.6 Å². The van der Waals surface area contributed by atoms with Crippen molar-refractivity contribution < 1.29 is 9.90 Å². The Balaban J connectivity index is 3.17. The molecule has 0 atom stereocenters. The minimum atomic E-state index is -1.08. The second-order valence-corrected chi connectivity index (χ2v) is 4.20. The molecule has 1 aromatic heterocycles. The van der Waals surface area contributed by atoms with Crippen LogP contribution in [0.3, 0.4) is 0 Å². The molecule has 0 saturated carbocycles. The lowest BCUT2D eigenvalue weighted by Gasteiger charge is -2.08. The summed E-state index contributed by atoms with van der Waals surface area (Å²) in [6.07, 6.45) is 0.561. The van der Waals surface area contributed by atoms with Crippen molar-refractivity contribution in [2.45, 2.75) is 6.92 Å². The molecule has 6 heteroatoms. The number of anilines is 1. The van der Waals surface area contributed by atoms with E-state index in [1.165, 1.54) is 0 Å². The molecule has 0 radical (unpaired) electrons. The number of nitrogens with one attached hydrogen (secondary N) is 1. The maximum atomic E-state index is 10.4. The monoisotopic (exact) mass is 356 g/mol. The van der Waals surface area contributed by atoms with Gasteiger partial charge in [-0.2, -0.15) is 0 Å². The number of halogens is 2. The number of rotatable bonds is 1. The summed E-state index contributed by atoms with van der Waals surface area (Å²) >= 11 is 5.25. The van der Waals surface area contributed by atoms with Crippen molar-refractivity contribution in [1.82, 2.24) is 4.98 Å². The largest absolute Gasteiger partial charge is 0.465 e. The highest BCUT2D eigenvalue weighted by atomic mass is 127. The van der Waals surface area contributed by atoms with Gasteiger partial charge < -0.3 is 5.11 Å². The Morgan fingerprint density at radius 3 is 2.92 bits per heavy atom. The van der Waals surface area contributed by atoms with E-state index in [1.807, 2.05) is 29.5 Å². The predicted molar refractivity (Wildman–Crippen MR) is 61.0 cm³/mol. The summed E-state index contributed by atoms with van der Waals surface area (Å²) in [4.78, 5) is 14.4. The topological polar surface area (TPSA) is 62.2 Å². The quantitative estimate of drug-likeness (QED) is 0.600. The van der Waals surface area contributed by atoms with Gasteiger partial charge in [0.2, 0.25) is 0 Å². The molecule has 0 unspecified atom stereocenters. The van der Waals surface area contributed by atoms with Crippen LogP contribution in [0.2, 0.25) is 0 Å². The fourth-order valence-electron chi connectivity index (χ4n) is 0.801. The number of amides is 1. The third-order valence-electron chi connectivity index (χ3n) is 1.46. The molecule has 2 N–H and O–H groups in total. The van der Waals surface area contributed by atoms with Crippen LogP contribution in [0.25, 0.3) is 0 Å². The number of nitrogens with zero attached hydrogens (tertiary/aromatic N) is 1. The highest BCUT2D eigenvalue weighted by molar-refractivity contribution is 14.1. The molecule has 0 fully saturated rings. The Bertz CT molecular complexity index is 357. The van der Waals surface area contributed by atoms with Gasteiger partial charge in [-0.05, 0) is 51.0 Å². The molecule has 0 aromatic carbocycles. The summed E-state index contributed by atoms with van der Waals surface area (Å²) in [6.45, 7) is 1.82. The Kier molecular flexibility index (Phi) is 3.48. The lowest BCUT2D eigenvalue weighted by molar-refractivity contribution is 0.209. The Hall–Kier alpha value is -0.370. The second-order valence-electron chi connectivity index (χ2n) is 2.33. The van der Waals surface area contributed by atoms with Crippen LogP contribution in [0.1, 0.15) is 5.56 Å². The van der Waals surface area contributed by atoms with E-state index < -0.39 is 6.09 Å². The number of hydrogen-bond donors (Lipinski definition) is 2. The van der Waals surface area contributed by atoms with Gasteiger partial charge in [-0.15, -0.1) is 0 Å². The molecule has 4 nitrogen and oxygen atoms in total. The molecule has 1 amide bonds. The molecular weight excluding hydrogens is 351 g/mol. The first kappa shape index (κ1) is 10.7. The van der Waals surface area contributed by atoms with E-state index in [4.69, 9.17) is 5.11 Å². The standard InChI is InChI=1S/C7H6BrIN2O2/c1-3-4(8)2-10-6(9)5(3)11-7(12)13/h2,11H,1H3,(H,12,13). The van der Waals surface area contributed by atoms with Crippen LogP contribution in [0.15, 0.2) is 10.7 Å². The van der Waals surface area contributed by atoms with Gasteiger partial charge in [-0.1, -0.05) is 0 Å². The van der Waals surface area contributed by atoms with Crippen molar-refractivity contribution in [2.75, 3.05) is 5.32 Å². The predicted octanol–water partition coefficient (Wildman–Crippen LogP) is 2.85. The van der Waals surface area contributed by atoms with E-state index >= 15 is 0 Å². The summed E-state index contributed by atoms with van der Waals surface area (Å²) in [5, 5.41) is 10.8. The highest BCUT2D eigenvalue weighted by Gasteiger charge is 2.10. The lowest BCUT2D eigenvalue weighted by Crippen LogP contribution is -2.10. The summed E-state index contributed by atoms with van der Waals surface area (Å²) in [7, 11) is 0. The summed E-state index contributed by atoms with van der Waals surface area (Å²) in [6, 6.07) is 0. The summed E-state index contributed by atoms with van der Waals surface area (Å²) < 4.78 is 1.43. The zero-order valence-electron chi connectivity index (χ0n) is 6.64. The third-order valence-corrected chi connectivity index (χ3v) is 3.08. The number of carboxylic acid groups (broad SMARTS) is 1. The van der Waals surface area contributed by atoms with Crippen molar-refractivity contribution in [3.8, 4) is 0 Å². The van der Waals surface area contributed by atoms with Gasteiger partial charge in [0.15, 0.2) is 0 Å². The average molecular weight is 357 g/mol. The molecular formula is C7H6BrIN2O2. The van der Waals surface area contributed by atoms with Crippen LogP contribution in [-0.4, -0.2) is 16.2 Å². The second kappa shape index (κ2) is 4.23. The maximum Gasteiger partial charge on any atom is 0.409 e. The lowest BCUT2D eigenvalue weighted by atomic mass is 10.2. The zero-order chi connectivity index (χ0) is 10.0. The van der Waals surface area contributed by atoms with E-state index in [-0.39, 0.29) is 0 Å². The molecule has 1 aromatic rings. The number of carbonyl (C=O) groups is 1. The molecule has 13 heavy (non-hydrogen) atoms. The van der Waals surface area contributed by atoms with Crippen molar-refractivity contribution in [3.05, 3.63) is 19.9 Å². The van der Waals surface area contributed by atoms with Crippen LogP contribution >= 0.6 is 38.5 Å². The van der Waals surface area contributed by atoms with Crippen molar-refractivity contribution >= 4 is 50.3 Å². The number of pyridine rings is 1. The van der Waals surface area contributed by atoms with E-state index in [1.54, 1.807) is 6.20 Å². The van der Waals surface area contributed by atoms with Gasteiger partial charge in [0, 0.05) is 10.7 Å². The molecule has 1 rings (SSSR count). The van der Waals surface area contributed by atoms with Gasteiger partial charge >= 0.3 is 6.09 Å². The Morgan fingerprint density at radius 1 is 1.77 bits per heavy atom. The smallest absolute Gasteiger partial charge is 0.409 e. The van der Waals surface area contributed by atoms with E-state index in [0.29, 0.717) is 9.39 Å². The summed E-state index contributed by atoms with van der Waals surface area (Å²) in [5.41, 5.74) is 1.37. The van der Waals surface area contributed by atoms with E-state index in [0.717, 1.165) is 10.0 Å². The molecule has 0 aliphatic rings. The molecule has 0 saturated heterocycles. The molecule has 70 valence electrons. The van der Waals surface area contributed by atoms with Crippen molar-refractivity contribution in [2.24, 2.45) is 0 Å². The van der Waals surface area contributed by atoms with Gasteiger partial charge in [0.1, 0.15) is 3.70 Å². The van der Waals surface area contributed by atoms with Crippen LogP contribution in [0.5, 0.6) is 0 Å². The first-order chi connectivity index (χ1) is 6.02. The van der Waals surface area contributed by atoms with Crippen LogP contribution < -0.4 is 5.32 Å². The average Bonchev–Trinajstić information content (AvgIpc) is 2.05. The Morgan fingerprint density at radius 2 is 2.38 bits per heavy atom. The fourth-order valence-corrected chi connectivity index (χ4v) is 1.78. The van der Waals surface area contributed by atoms with Gasteiger partial charge in [0.05, 0.1) is 5.69 Å². The molecule has 0 aliphatic carbocycles. The van der Waals surface area contributed by atoms with Crippen molar-refractivity contribution in [1.29, 1.82) is 0 Å². The Labute approximate surface area is 97.0 Å². The molecule has 0 bridgehead atoms. The summed E-state index contributed by atoms with van der Waals surface area (Å²) in [5.74, 6) is 0. The molecule has 0 aliphatic heterocycles. The van der Waals surface area contributed by atoms with Crippen LogP contribution in [-0.2, 0) is 0 Å². The zero-order valence-corrected chi connectivity index (χ0v) is 10.4. The number of hydrogen-bond acceptors (Lipinski definition) is 2. The molecule has 1 heterocycles. The molecule has 0 spiro atoms. The van der Waals surface area contributed by atoms with E-state index in [2.05, 4.69) is 26.2 Å². The van der Waals surface area contributed by atoms with Crippen LogP contribution in [0.4, 0.5) is 10.5 Å². The third kappa shape index (κ3) is 2.53. The van der Waals surface area contributed by atoms with Gasteiger partial charge in [0.25, 0.3) is 0 Å². The first-order valence-corrected chi connectivity index (χ1v) is 5.20. The SMILES string of the molecule is Cc1c(Br)cnc(I)c1NC(=O)O. The minimum absolute atomic E-state index is 0.530. The minimum Gasteiger partial charge on any atom is -0.465 e. The fraction of sp³-hybridized carbons (Fsp3) is 0.143. The van der Waals surface area contributed by atoms with Crippen molar-refractivity contribution in [3.63, 3.8) is 0 Å². The van der Waals surface area contributed by atoms with Gasteiger partial charge in [-0.25, -0.2) is 9.78 Å². The normalized spacial score (nSPS) is 9.77. The maximum absolute atomic E-state index is 10.4. The highest BCUT2D eigenvalue weighted by Crippen LogP contribution is 2.26. The van der Waals surface area contributed by atoms with E-state index in [9.17, 15) is 4.79 Å². The number of aromatic nitrogens is 1. The van der Waals surface area contributed by atoms with Gasteiger partial charge in [-0.3, -0.25) is 5.32 Å². The first-order valence-electron chi connectivity index (χ1n) is 3.33.